The number of nitro groups is 1. The second kappa shape index (κ2) is 9.48. The number of anilines is 3. The minimum atomic E-state index is -0.497. The zero-order chi connectivity index (χ0) is 26.4. The molecule has 0 spiro atoms. The SMILES string of the molecule is COc1ccc(N2CCN(c3cc4c(cc3[N+](=O)[O-])C(=O)N(c3cccc5c3CCCC5)C4=O)CC2)cc1. The van der Waals surface area contributed by atoms with Crippen molar-refractivity contribution in [3.63, 3.8) is 0 Å². The lowest BCUT2D eigenvalue weighted by Gasteiger charge is -2.37. The summed E-state index contributed by atoms with van der Waals surface area (Å²) in [7, 11) is 1.63. The number of carbonyl (C=O) groups excluding carboxylic acids is 2. The summed E-state index contributed by atoms with van der Waals surface area (Å²) in [5, 5.41) is 12.1. The molecule has 9 heteroatoms. The molecule has 3 aliphatic rings. The Morgan fingerprint density at radius 3 is 2.16 bits per heavy atom. The smallest absolute Gasteiger partial charge is 0.293 e. The number of rotatable bonds is 5. The maximum absolute atomic E-state index is 13.6. The fraction of sp³-hybridized carbons (Fsp3) is 0.310. The molecule has 0 saturated carbocycles. The van der Waals surface area contributed by atoms with E-state index < -0.39 is 16.7 Å². The molecule has 3 aromatic carbocycles. The molecule has 2 heterocycles. The fourth-order valence-electron chi connectivity index (χ4n) is 5.85. The topological polar surface area (TPSA) is 96.2 Å². The second-order valence-corrected chi connectivity index (χ2v) is 9.88. The Labute approximate surface area is 220 Å². The highest BCUT2D eigenvalue weighted by atomic mass is 16.6. The quantitative estimate of drug-likeness (QED) is 0.280. The molecule has 1 aliphatic carbocycles. The summed E-state index contributed by atoms with van der Waals surface area (Å²) < 4.78 is 5.24. The van der Waals surface area contributed by atoms with E-state index in [1.807, 2.05) is 41.3 Å². The predicted molar refractivity (Wildman–Crippen MR) is 145 cm³/mol. The summed E-state index contributed by atoms with van der Waals surface area (Å²) in [6, 6.07) is 16.4. The van der Waals surface area contributed by atoms with E-state index in [-0.39, 0.29) is 16.8 Å². The van der Waals surface area contributed by atoms with Crippen molar-refractivity contribution in [2.45, 2.75) is 25.7 Å². The molecule has 0 atom stereocenters. The van der Waals surface area contributed by atoms with Gasteiger partial charge in [-0.15, -0.1) is 0 Å². The number of piperazine rings is 1. The molecule has 9 nitrogen and oxygen atoms in total. The third-order valence-corrected chi connectivity index (χ3v) is 7.85. The number of imide groups is 1. The van der Waals surface area contributed by atoms with Gasteiger partial charge in [-0.2, -0.15) is 0 Å². The number of aryl methyl sites for hydroxylation is 1. The highest BCUT2D eigenvalue weighted by molar-refractivity contribution is 6.35. The maximum Gasteiger partial charge on any atom is 0.293 e. The van der Waals surface area contributed by atoms with Gasteiger partial charge in [0, 0.05) is 37.9 Å². The summed E-state index contributed by atoms with van der Waals surface area (Å²) in [4.78, 5) is 44.0. The average molecular weight is 513 g/mol. The van der Waals surface area contributed by atoms with Crippen LogP contribution in [0.5, 0.6) is 5.75 Å². The van der Waals surface area contributed by atoms with E-state index >= 15 is 0 Å². The highest BCUT2D eigenvalue weighted by Crippen LogP contribution is 2.40. The van der Waals surface area contributed by atoms with Crippen LogP contribution in [0.4, 0.5) is 22.7 Å². The van der Waals surface area contributed by atoms with Crippen molar-refractivity contribution >= 4 is 34.6 Å². The molecule has 2 aliphatic heterocycles. The molecule has 1 saturated heterocycles. The van der Waals surface area contributed by atoms with Crippen LogP contribution >= 0.6 is 0 Å². The van der Waals surface area contributed by atoms with E-state index in [2.05, 4.69) is 4.90 Å². The van der Waals surface area contributed by atoms with Gasteiger partial charge in [0.25, 0.3) is 17.5 Å². The van der Waals surface area contributed by atoms with Crippen molar-refractivity contribution in [3.05, 3.63) is 87.0 Å². The van der Waals surface area contributed by atoms with Gasteiger partial charge in [0.1, 0.15) is 11.4 Å². The first-order valence-electron chi connectivity index (χ1n) is 12.9. The molecule has 1 fully saturated rings. The molecule has 0 bridgehead atoms. The van der Waals surface area contributed by atoms with Crippen LogP contribution in [0.25, 0.3) is 0 Å². The van der Waals surface area contributed by atoms with Gasteiger partial charge in [0.2, 0.25) is 0 Å². The summed E-state index contributed by atoms with van der Waals surface area (Å²) in [5.41, 5.74) is 4.38. The van der Waals surface area contributed by atoms with E-state index in [9.17, 15) is 19.7 Å². The standard InChI is InChI=1S/C29H28N4O5/c1-38-21-11-9-20(10-12-21)30-13-15-31(16-14-30)26-17-23-24(18-27(26)33(36)37)29(35)32(28(23)34)25-8-4-6-19-5-2-3-7-22(19)25/h4,6,8-12,17-18H,2-3,5,7,13-16H2,1H3. The van der Waals surface area contributed by atoms with Gasteiger partial charge in [-0.05, 0) is 73.2 Å². The normalized spacial score (nSPS) is 16.9. The maximum atomic E-state index is 13.6. The molecule has 194 valence electrons. The zero-order valence-corrected chi connectivity index (χ0v) is 21.2. The van der Waals surface area contributed by atoms with Crippen molar-refractivity contribution in [1.29, 1.82) is 0 Å². The van der Waals surface area contributed by atoms with Crippen molar-refractivity contribution in [1.82, 2.24) is 0 Å². The Morgan fingerprint density at radius 2 is 1.47 bits per heavy atom. The Hall–Kier alpha value is -4.40. The van der Waals surface area contributed by atoms with Crippen LogP contribution in [0, 0.1) is 10.1 Å². The lowest BCUT2D eigenvalue weighted by molar-refractivity contribution is -0.384. The average Bonchev–Trinajstić information content (AvgIpc) is 3.20. The minimum Gasteiger partial charge on any atom is -0.497 e. The molecule has 2 amide bonds. The van der Waals surface area contributed by atoms with Gasteiger partial charge < -0.3 is 14.5 Å². The van der Waals surface area contributed by atoms with Crippen LogP contribution in [0.15, 0.2) is 54.6 Å². The van der Waals surface area contributed by atoms with E-state index in [0.717, 1.165) is 48.2 Å². The van der Waals surface area contributed by atoms with Gasteiger partial charge in [0.15, 0.2) is 0 Å². The molecule has 0 unspecified atom stereocenters. The van der Waals surface area contributed by atoms with E-state index in [1.54, 1.807) is 19.2 Å². The van der Waals surface area contributed by atoms with Gasteiger partial charge >= 0.3 is 0 Å². The Morgan fingerprint density at radius 1 is 0.816 bits per heavy atom. The molecule has 6 rings (SSSR count). The minimum absolute atomic E-state index is 0.0933. The van der Waals surface area contributed by atoms with Crippen molar-refractivity contribution in [2.24, 2.45) is 0 Å². The first kappa shape index (κ1) is 24.0. The largest absolute Gasteiger partial charge is 0.497 e. The van der Waals surface area contributed by atoms with Crippen molar-refractivity contribution < 1.29 is 19.2 Å². The highest BCUT2D eigenvalue weighted by Gasteiger charge is 2.41. The summed E-state index contributed by atoms with van der Waals surface area (Å²) in [5.74, 6) is -0.134. The number of fused-ring (bicyclic) bond motifs is 2. The lowest BCUT2D eigenvalue weighted by Crippen LogP contribution is -2.46. The van der Waals surface area contributed by atoms with Crippen LogP contribution in [-0.4, -0.2) is 50.0 Å². The summed E-state index contributed by atoms with van der Waals surface area (Å²) >= 11 is 0. The van der Waals surface area contributed by atoms with E-state index in [0.29, 0.717) is 37.6 Å². The first-order valence-corrected chi connectivity index (χ1v) is 12.9. The molecule has 0 aromatic heterocycles. The Bertz CT molecular complexity index is 1440. The number of hydrogen-bond acceptors (Lipinski definition) is 7. The molecular formula is C29H28N4O5. The van der Waals surface area contributed by atoms with Gasteiger partial charge in [0.05, 0.1) is 28.8 Å². The molecule has 3 aromatic rings. The number of ether oxygens (including phenoxy) is 1. The zero-order valence-electron chi connectivity index (χ0n) is 21.2. The van der Waals surface area contributed by atoms with Crippen LogP contribution in [0.3, 0.4) is 0 Å². The number of nitro benzene ring substituents is 1. The third-order valence-electron chi connectivity index (χ3n) is 7.85. The number of amides is 2. The Balaban J connectivity index is 1.30. The van der Waals surface area contributed by atoms with Gasteiger partial charge in [-0.3, -0.25) is 19.7 Å². The number of hydrogen-bond donors (Lipinski definition) is 0. The number of methoxy groups -OCH3 is 1. The predicted octanol–water partition coefficient (Wildman–Crippen LogP) is 4.61. The molecule has 0 radical (unpaired) electrons. The number of carbonyl (C=O) groups is 2. The third kappa shape index (κ3) is 3.95. The number of nitrogens with zero attached hydrogens (tertiary/aromatic N) is 4. The van der Waals surface area contributed by atoms with Crippen molar-refractivity contribution in [2.75, 3.05) is 48.0 Å². The van der Waals surface area contributed by atoms with Crippen LogP contribution < -0.4 is 19.4 Å². The molecular weight excluding hydrogens is 484 g/mol. The monoisotopic (exact) mass is 512 g/mol. The van der Waals surface area contributed by atoms with E-state index in [1.165, 1.54) is 11.0 Å². The first-order chi connectivity index (χ1) is 18.5. The summed E-state index contributed by atoms with van der Waals surface area (Å²) in [6.45, 7) is 2.42. The number of benzene rings is 3. The van der Waals surface area contributed by atoms with E-state index in [4.69, 9.17) is 4.74 Å². The van der Waals surface area contributed by atoms with Gasteiger partial charge in [-0.1, -0.05) is 12.1 Å². The lowest BCUT2D eigenvalue weighted by atomic mass is 9.90. The van der Waals surface area contributed by atoms with Crippen LogP contribution in [-0.2, 0) is 12.8 Å². The second-order valence-electron chi connectivity index (χ2n) is 9.88. The molecule has 38 heavy (non-hydrogen) atoms. The van der Waals surface area contributed by atoms with Crippen LogP contribution in [0.1, 0.15) is 44.7 Å². The van der Waals surface area contributed by atoms with Crippen molar-refractivity contribution in [3.8, 4) is 5.75 Å². The Kier molecular flexibility index (Phi) is 5.98. The fourth-order valence-corrected chi connectivity index (χ4v) is 5.85. The van der Waals surface area contributed by atoms with Crippen LogP contribution in [0.2, 0.25) is 0 Å². The van der Waals surface area contributed by atoms with Gasteiger partial charge in [-0.25, -0.2) is 4.90 Å². The molecule has 0 N–H and O–H groups in total. The summed E-state index contributed by atoms with van der Waals surface area (Å²) in [6.07, 6.45) is 3.82.